The molecule has 3 rings (SSSR count). The Balaban J connectivity index is 1.40. The van der Waals surface area contributed by atoms with Crippen molar-refractivity contribution in [3.05, 3.63) is 77.8 Å². The first-order chi connectivity index (χ1) is 15.7. The quantitative estimate of drug-likeness (QED) is 0.468. The minimum absolute atomic E-state index is 0.00113. The number of hydrogen-bond donors (Lipinski definition) is 2. The van der Waals surface area contributed by atoms with Crippen LogP contribution in [0.15, 0.2) is 59.2 Å². The van der Waals surface area contributed by atoms with Crippen LogP contribution in [0.2, 0.25) is 0 Å². The molecule has 0 radical (unpaired) electrons. The fourth-order valence-electron chi connectivity index (χ4n) is 2.48. The third-order valence-electron chi connectivity index (χ3n) is 4.01. The van der Waals surface area contributed by atoms with Gasteiger partial charge in [-0.05, 0) is 42.0 Å². The predicted molar refractivity (Wildman–Crippen MR) is 105 cm³/mol. The zero-order chi connectivity index (χ0) is 23.8. The summed E-state index contributed by atoms with van der Waals surface area (Å²) in [6.07, 6.45) is -3.67. The summed E-state index contributed by atoms with van der Waals surface area (Å²) in [7, 11) is 0. The molecule has 0 atom stereocenters. The lowest BCUT2D eigenvalue weighted by Gasteiger charge is -2.10. The van der Waals surface area contributed by atoms with E-state index in [0.29, 0.717) is 5.56 Å². The number of nitrogens with one attached hydrogen (secondary N) is 2. The lowest BCUT2D eigenvalue weighted by molar-refractivity contribution is -0.274. The second-order valence-corrected chi connectivity index (χ2v) is 6.52. The number of aromatic nitrogens is 1. The second-order valence-electron chi connectivity index (χ2n) is 6.52. The molecule has 33 heavy (non-hydrogen) atoms. The molecule has 2 amide bonds. The van der Waals surface area contributed by atoms with Crippen molar-refractivity contribution in [2.75, 3.05) is 6.61 Å². The third-order valence-corrected chi connectivity index (χ3v) is 4.01. The van der Waals surface area contributed by atoms with E-state index in [-0.39, 0.29) is 36.2 Å². The van der Waals surface area contributed by atoms with Gasteiger partial charge in [-0.25, -0.2) is 9.37 Å². The molecule has 0 aliphatic heterocycles. The van der Waals surface area contributed by atoms with Gasteiger partial charge in [-0.15, -0.1) is 13.2 Å². The number of carbonyl (C=O) groups excluding carboxylic acids is 2. The van der Waals surface area contributed by atoms with Gasteiger partial charge in [-0.1, -0.05) is 12.1 Å². The van der Waals surface area contributed by atoms with E-state index in [0.717, 1.165) is 18.4 Å². The summed E-state index contributed by atoms with van der Waals surface area (Å²) in [5.41, 5.74) is 0.696. The first-order valence-corrected chi connectivity index (χ1v) is 9.40. The number of alkyl halides is 3. The van der Waals surface area contributed by atoms with Crippen molar-refractivity contribution < 1.29 is 41.0 Å². The van der Waals surface area contributed by atoms with Crippen molar-refractivity contribution in [1.29, 1.82) is 0 Å². The van der Waals surface area contributed by atoms with E-state index in [1.807, 2.05) is 0 Å². The zero-order valence-electron chi connectivity index (χ0n) is 16.8. The first kappa shape index (κ1) is 23.6. The number of rotatable bonds is 9. The lowest BCUT2D eigenvalue weighted by Crippen LogP contribution is -2.28. The minimum Gasteiger partial charge on any atom is -0.484 e. The summed E-state index contributed by atoms with van der Waals surface area (Å²) in [6.45, 7) is -0.365. The van der Waals surface area contributed by atoms with Gasteiger partial charge in [0.25, 0.3) is 11.8 Å². The summed E-state index contributed by atoms with van der Waals surface area (Å²) in [4.78, 5) is 28.0. The summed E-state index contributed by atoms with van der Waals surface area (Å²) in [5.74, 6) is -1.62. The summed E-state index contributed by atoms with van der Waals surface area (Å²) in [6, 6.07) is 10.2. The van der Waals surface area contributed by atoms with Gasteiger partial charge in [0.2, 0.25) is 5.89 Å². The molecule has 1 heterocycles. The van der Waals surface area contributed by atoms with Gasteiger partial charge in [0.15, 0.2) is 12.3 Å². The standard InChI is InChI=1S/C21H17F4N3O5/c22-14-3-1-13(2-4-14)9-27-20(30)17-11-32-19(28-17)10-26-18(29)12-31-15-5-7-16(8-6-15)33-21(23,24)25/h1-8,11H,9-10,12H2,(H,26,29)(H,27,30). The Hall–Kier alpha value is -4.09. The van der Waals surface area contributed by atoms with Crippen molar-refractivity contribution in [3.8, 4) is 11.5 Å². The molecule has 1 aromatic heterocycles. The van der Waals surface area contributed by atoms with Crippen LogP contribution in [0.1, 0.15) is 21.9 Å². The molecular formula is C21H17F4N3O5. The highest BCUT2D eigenvalue weighted by atomic mass is 19.4. The van der Waals surface area contributed by atoms with Gasteiger partial charge in [0, 0.05) is 6.54 Å². The van der Waals surface area contributed by atoms with Gasteiger partial charge in [0.1, 0.15) is 23.6 Å². The van der Waals surface area contributed by atoms with Gasteiger partial charge in [-0.2, -0.15) is 0 Å². The Morgan fingerprint density at radius 2 is 1.61 bits per heavy atom. The number of halogens is 4. The highest BCUT2D eigenvalue weighted by molar-refractivity contribution is 5.91. The Morgan fingerprint density at radius 1 is 0.939 bits per heavy atom. The van der Waals surface area contributed by atoms with Gasteiger partial charge >= 0.3 is 6.36 Å². The molecule has 0 saturated carbocycles. The molecular weight excluding hydrogens is 450 g/mol. The summed E-state index contributed by atoms with van der Waals surface area (Å²) >= 11 is 0. The van der Waals surface area contributed by atoms with E-state index in [1.54, 1.807) is 0 Å². The maximum absolute atomic E-state index is 12.9. The highest BCUT2D eigenvalue weighted by Gasteiger charge is 2.31. The molecule has 0 spiro atoms. The molecule has 0 unspecified atom stereocenters. The van der Waals surface area contributed by atoms with Gasteiger partial charge < -0.3 is 24.5 Å². The molecule has 12 heteroatoms. The predicted octanol–water partition coefficient (Wildman–Crippen LogP) is 3.34. The van der Waals surface area contributed by atoms with Crippen LogP contribution >= 0.6 is 0 Å². The van der Waals surface area contributed by atoms with E-state index in [4.69, 9.17) is 9.15 Å². The van der Waals surface area contributed by atoms with Crippen molar-refractivity contribution in [3.63, 3.8) is 0 Å². The van der Waals surface area contributed by atoms with Crippen LogP contribution in [0.5, 0.6) is 11.5 Å². The number of benzene rings is 2. The van der Waals surface area contributed by atoms with Crippen molar-refractivity contribution in [1.82, 2.24) is 15.6 Å². The lowest BCUT2D eigenvalue weighted by atomic mass is 10.2. The number of oxazole rings is 1. The number of nitrogens with zero attached hydrogens (tertiary/aromatic N) is 1. The minimum atomic E-state index is -4.80. The van der Waals surface area contributed by atoms with Crippen LogP contribution in [0.4, 0.5) is 17.6 Å². The Labute approximate surface area is 184 Å². The maximum Gasteiger partial charge on any atom is 0.573 e. The summed E-state index contributed by atoms with van der Waals surface area (Å²) < 4.78 is 63.4. The van der Waals surface area contributed by atoms with Crippen LogP contribution in [-0.4, -0.2) is 29.8 Å². The third kappa shape index (κ3) is 7.83. The average Bonchev–Trinajstić information content (AvgIpc) is 3.25. The molecule has 3 aromatic rings. The normalized spacial score (nSPS) is 11.0. The molecule has 0 aliphatic rings. The van der Waals surface area contributed by atoms with Crippen molar-refractivity contribution in [2.45, 2.75) is 19.5 Å². The molecule has 0 fully saturated rings. The van der Waals surface area contributed by atoms with Crippen molar-refractivity contribution in [2.24, 2.45) is 0 Å². The molecule has 2 aromatic carbocycles. The number of carbonyl (C=O) groups is 2. The molecule has 0 aliphatic carbocycles. The van der Waals surface area contributed by atoms with Crippen LogP contribution in [-0.2, 0) is 17.9 Å². The molecule has 0 bridgehead atoms. The molecule has 174 valence electrons. The smallest absolute Gasteiger partial charge is 0.484 e. The topological polar surface area (TPSA) is 103 Å². The SMILES string of the molecule is O=C(COc1ccc(OC(F)(F)F)cc1)NCc1nc(C(=O)NCc2ccc(F)cc2)co1. The van der Waals surface area contributed by atoms with Gasteiger partial charge in [0.05, 0.1) is 6.54 Å². The average molecular weight is 467 g/mol. The monoisotopic (exact) mass is 467 g/mol. The van der Waals surface area contributed by atoms with E-state index in [2.05, 4.69) is 20.4 Å². The Kier molecular flexibility index (Phi) is 7.49. The number of hydrogen-bond acceptors (Lipinski definition) is 6. The van der Waals surface area contributed by atoms with E-state index < -0.39 is 30.5 Å². The molecule has 2 N–H and O–H groups in total. The number of amides is 2. The maximum atomic E-state index is 12.9. The molecule has 0 saturated heterocycles. The van der Waals surface area contributed by atoms with E-state index >= 15 is 0 Å². The molecule has 8 nitrogen and oxygen atoms in total. The van der Waals surface area contributed by atoms with Crippen molar-refractivity contribution >= 4 is 11.8 Å². The first-order valence-electron chi connectivity index (χ1n) is 9.40. The van der Waals surface area contributed by atoms with Crippen LogP contribution < -0.4 is 20.1 Å². The Morgan fingerprint density at radius 3 is 2.27 bits per heavy atom. The van der Waals surface area contributed by atoms with Crippen LogP contribution in [0.25, 0.3) is 0 Å². The van der Waals surface area contributed by atoms with E-state index in [1.165, 1.54) is 36.4 Å². The highest BCUT2D eigenvalue weighted by Crippen LogP contribution is 2.24. The van der Waals surface area contributed by atoms with Crippen LogP contribution in [0.3, 0.4) is 0 Å². The summed E-state index contributed by atoms with van der Waals surface area (Å²) in [5, 5.41) is 5.07. The van der Waals surface area contributed by atoms with E-state index in [9.17, 15) is 27.2 Å². The second kappa shape index (κ2) is 10.5. The fraction of sp³-hybridized carbons (Fsp3) is 0.190. The fourth-order valence-corrected chi connectivity index (χ4v) is 2.48. The Bertz CT molecular complexity index is 1080. The number of ether oxygens (including phenoxy) is 2. The zero-order valence-corrected chi connectivity index (χ0v) is 16.8. The van der Waals surface area contributed by atoms with Crippen LogP contribution in [0, 0.1) is 5.82 Å². The van der Waals surface area contributed by atoms with Gasteiger partial charge in [-0.3, -0.25) is 9.59 Å². The largest absolute Gasteiger partial charge is 0.573 e.